The van der Waals surface area contributed by atoms with Gasteiger partial charge in [0.05, 0.1) is 0 Å². The summed E-state index contributed by atoms with van der Waals surface area (Å²) < 4.78 is 2.35. The van der Waals surface area contributed by atoms with E-state index >= 15 is 0 Å². The van der Waals surface area contributed by atoms with E-state index in [1.165, 1.54) is 10.6 Å². The van der Waals surface area contributed by atoms with Gasteiger partial charge in [0.25, 0.3) is 11.5 Å². The van der Waals surface area contributed by atoms with Gasteiger partial charge in [0, 0.05) is 29.8 Å². The molecule has 1 aliphatic heterocycles. The van der Waals surface area contributed by atoms with Gasteiger partial charge in [0.15, 0.2) is 0 Å². The third kappa shape index (κ3) is 3.62. The Kier molecular flexibility index (Phi) is 4.76. The van der Waals surface area contributed by atoms with E-state index in [2.05, 4.69) is 15.9 Å². The Balaban J connectivity index is 2.08. The first-order valence-electron chi connectivity index (χ1n) is 7.60. The fourth-order valence-corrected chi connectivity index (χ4v) is 3.11. The summed E-state index contributed by atoms with van der Waals surface area (Å²) in [5.41, 5.74) is 1.05. The van der Waals surface area contributed by atoms with Gasteiger partial charge in [-0.25, -0.2) is 0 Å². The van der Waals surface area contributed by atoms with Crippen molar-refractivity contribution < 1.29 is 4.79 Å². The number of nitrogens with zero attached hydrogens (tertiary/aromatic N) is 2. The highest BCUT2D eigenvalue weighted by atomic mass is 79.9. The van der Waals surface area contributed by atoms with Crippen molar-refractivity contribution in [1.82, 2.24) is 9.47 Å². The van der Waals surface area contributed by atoms with Gasteiger partial charge < -0.3 is 4.90 Å². The maximum Gasteiger partial charge on any atom is 0.270 e. The molecule has 0 atom stereocenters. The molecule has 1 fully saturated rings. The Morgan fingerprint density at radius 1 is 1.09 bits per heavy atom. The van der Waals surface area contributed by atoms with Gasteiger partial charge in [-0.15, -0.1) is 0 Å². The molecule has 0 unspecified atom stereocenters. The lowest BCUT2D eigenvalue weighted by Crippen LogP contribution is -2.33. The number of hydrogen-bond donors (Lipinski definition) is 0. The second-order valence-electron chi connectivity index (χ2n) is 5.49. The summed E-state index contributed by atoms with van der Waals surface area (Å²) in [7, 11) is 0. The number of carbonyl (C=O) groups excluding carboxylic acids is 1. The average Bonchev–Trinajstić information content (AvgIpc) is 3.07. The number of hydrogen-bond acceptors (Lipinski definition) is 2. The molecule has 0 bridgehead atoms. The van der Waals surface area contributed by atoms with E-state index in [9.17, 15) is 9.59 Å². The number of amides is 1. The van der Waals surface area contributed by atoms with Crippen LogP contribution in [0.2, 0.25) is 0 Å². The predicted molar refractivity (Wildman–Crippen MR) is 94.8 cm³/mol. The highest BCUT2D eigenvalue weighted by Gasteiger charge is 2.23. The first kappa shape index (κ1) is 15.7. The van der Waals surface area contributed by atoms with E-state index in [-0.39, 0.29) is 11.5 Å². The molecule has 0 N–H and O–H groups in total. The van der Waals surface area contributed by atoms with Crippen LogP contribution in [0.1, 0.15) is 18.4 Å². The van der Waals surface area contributed by atoms with Gasteiger partial charge in [0.1, 0.15) is 5.70 Å². The van der Waals surface area contributed by atoms with Crippen LogP contribution in [0.15, 0.2) is 57.9 Å². The Labute approximate surface area is 143 Å². The van der Waals surface area contributed by atoms with Crippen molar-refractivity contribution in [3.05, 3.63) is 69.1 Å². The van der Waals surface area contributed by atoms with Crippen LogP contribution in [0.4, 0.5) is 0 Å². The molecule has 4 nitrogen and oxygen atoms in total. The van der Waals surface area contributed by atoms with Crippen LogP contribution in [0, 0.1) is 0 Å². The summed E-state index contributed by atoms with van der Waals surface area (Å²) >= 11 is 3.43. The monoisotopic (exact) mass is 372 g/mol. The highest BCUT2D eigenvalue weighted by molar-refractivity contribution is 9.10. The number of pyridine rings is 1. The van der Waals surface area contributed by atoms with Crippen molar-refractivity contribution in [2.45, 2.75) is 12.8 Å². The van der Waals surface area contributed by atoms with Gasteiger partial charge in [-0.3, -0.25) is 14.2 Å². The van der Waals surface area contributed by atoms with E-state index in [0.717, 1.165) is 36.0 Å². The minimum Gasteiger partial charge on any atom is -0.337 e. The first-order valence-corrected chi connectivity index (χ1v) is 8.39. The lowest BCUT2D eigenvalue weighted by Gasteiger charge is -2.18. The molecule has 2 heterocycles. The summed E-state index contributed by atoms with van der Waals surface area (Å²) in [6.45, 7) is 1.49. The molecule has 5 heteroatoms. The van der Waals surface area contributed by atoms with E-state index < -0.39 is 0 Å². The number of rotatable bonds is 3. The Morgan fingerprint density at radius 2 is 1.87 bits per heavy atom. The molecule has 23 heavy (non-hydrogen) atoms. The van der Waals surface area contributed by atoms with Crippen molar-refractivity contribution in [1.29, 1.82) is 0 Å². The van der Waals surface area contributed by atoms with Crippen molar-refractivity contribution >= 4 is 33.6 Å². The molecule has 0 radical (unpaired) electrons. The third-order valence-corrected chi connectivity index (χ3v) is 4.34. The summed E-state index contributed by atoms with van der Waals surface area (Å²) in [6, 6.07) is 12.6. The molecule has 1 aromatic carbocycles. The van der Waals surface area contributed by atoms with Crippen molar-refractivity contribution in [2.24, 2.45) is 0 Å². The SMILES string of the molecule is O=C(C(=Cc1cccc(Br)c1)n1ccccc1=O)N1CCCC1. The molecule has 1 aromatic heterocycles. The zero-order valence-electron chi connectivity index (χ0n) is 12.6. The second-order valence-corrected chi connectivity index (χ2v) is 6.41. The van der Waals surface area contributed by atoms with Crippen molar-refractivity contribution in [2.75, 3.05) is 13.1 Å². The van der Waals surface area contributed by atoms with E-state index in [4.69, 9.17) is 0 Å². The van der Waals surface area contributed by atoms with E-state index in [0.29, 0.717) is 5.70 Å². The highest BCUT2D eigenvalue weighted by Crippen LogP contribution is 2.19. The molecular weight excluding hydrogens is 356 g/mol. The van der Waals surface area contributed by atoms with E-state index in [1.807, 2.05) is 29.2 Å². The average molecular weight is 373 g/mol. The maximum absolute atomic E-state index is 12.9. The zero-order chi connectivity index (χ0) is 16.2. The number of likely N-dealkylation sites (tertiary alicyclic amines) is 1. The predicted octanol–water partition coefficient (Wildman–Crippen LogP) is 3.23. The Hall–Kier alpha value is -2.14. The minimum atomic E-state index is -0.207. The summed E-state index contributed by atoms with van der Waals surface area (Å²) in [4.78, 5) is 26.9. The molecule has 0 saturated carbocycles. The molecule has 118 valence electrons. The molecule has 3 rings (SSSR count). The van der Waals surface area contributed by atoms with Crippen molar-refractivity contribution in [3.63, 3.8) is 0 Å². The fourth-order valence-electron chi connectivity index (χ4n) is 2.70. The molecule has 0 spiro atoms. The zero-order valence-corrected chi connectivity index (χ0v) is 14.2. The Morgan fingerprint density at radius 3 is 2.57 bits per heavy atom. The number of benzene rings is 1. The lowest BCUT2D eigenvalue weighted by atomic mass is 10.1. The summed E-state index contributed by atoms with van der Waals surface area (Å²) in [6.07, 6.45) is 5.44. The van der Waals surface area contributed by atoms with Gasteiger partial charge in [-0.2, -0.15) is 0 Å². The smallest absolute Gasteiger partial charge is 0.270 e. The van der Waals surface area contributed by atoms with Crippen molar-refractivity contribution in [3.8, 4) is 0 Å². The number of halogens is 1. The van der Waals surface area contributed by atoms with Crippen LogP contribution in [-0.2, 0) is 4.79 Å². The standard InChI is InChI=1S/C18H17BrN2O2/c19-15-7-5-6-14(12-15)13-16(18(23)20-9-3-4-10-20)21-11-2-1-8-17(21)22/h1-2,5-8,11-13H,3-4,9-10H2. The third-order valence-electron chi connectivity index (χ3n) is 3.85. The normalized spacial score (nSPS) is 15.0. The molecule has 0 aliphatic carbocycles. The molecule has 1 aliphatic rings. The fraction of sp³-hybridized carbons (Fsp3) is 0.222. The van der Waals surface area contributed by atoms with Gasteiger partial charge in [0.2, 0.25) is 0 Å². The Bertz CT molecular complexity index is 804. The lowest BCUT2D eigenvalue weighted by molar-refractivity contribution is -0.124. The van der Waals surface area contributed by atoms with Crippen LogP contribution in [0.3, 0.4) is 0 Å². The summed E-state index contributed by atoms with van der Waals surface area (Å²) in [5.74, 6) is -0.101. The number of aromatic nitrogens is 1. The quantitative estimate of drug-likeness (QED) is 0.776. The van der Waals surface area contributed by atoms with E-state index in [1.54, 1.807) is 24.4 Å². The largest absolute Gasteiger partial charge is 0.337 e. The van der Waals surface area contributed by atoms with Gasteiger partial charge >= 0.3 is 0 Å². The second kappa shape index (κ2) is 6.96. The topological polar surface area (TPSA) is 42.3 Å². The molecular formula is C18H17BrN2O2. The van der Waals surface area contributed by atoms with Gasteiger partial charge in [-0.1, -0.05) is 34.1 Å². The van der Waals surface area contributed by atoms with Gasteiger partial charge in [-0.05, 0) is 42.7 Å². The van der Waals surface area contributed by atoms with Crippen LogP contribution in [0.5, 0.6) is 0 Å². The first-order chi connectivity index (χ1) is 11.1. The van der Waals surface area contributed by atoms with Crippen LogP contribution in [0.25, 0.3) is 11.8 Å². The molecule has 1 amide bonds. The van der Waals surface area contributed by atoms with Crippen LogP contribution < -0.4 is 5.56 Å². The van der Waals surface area contributed by atoms with Crippen LogP contribution >= 0.6 is 15.9 Å². The minimum absolute atomic E-state index is 0.101. The molecule has 2 aromatic rings. The summed E-state index contributed by atoms with van der Waals surface area (Å²) in [5, 5.41) is 0. The van der Waals surface area contributed by atoms with Crippen LogP contribution in [-0.4, -0.2) is 28.5 Å². The maximum atomic E-state index is 12.9. The number of carbonyl (C=O) groups is 1. The molecule has 1 saturated heterocycles.